The maximum atomic E-state index is 13.0. The van der Waals surface area contributed by atoms with E-state index in [-0.39, 0.29) is 18.8 Å². The molecule has 0 saturated carbocycles. The number of sulfonamides is 1. The number of carbonyl (C=O) groups is 1. The molecule has 3 rings (SSSR count). The van der Waals surface area contributed by atoms with Crippen molar-refractivity contribution in [3.8, 4) is 0 Å². The highest BCUT2D eigenvalue weighted by atomic mass is 32.2. The lowest BCUT2D eigenvalue weighted by Gasteiger charge is -2.27. The van der Waals surface area contributed by atoms with Crippen molar-refractivity contribution in [1.29, 1.82) is 0 Å². The molecule has 1 aromatic carbocycles. The van der Waals surface area contributed by atoms with Gasteiger partial charge in [-0.2, -0.15) is 9.40 Å². The fourth-order valence-corrected chi connectivity index (χ4v) is 4.69. The standard InChI is InChI=1S/C17H21N3O4S/c1-4-24-17(21)16-13-10-20(8-7-14(13)18-19-16)25(22,23)15-6-5-11(2)9-12(15)3/h5-6,9H,4,7-8,10H2,1-3H3,(H,18,19). The lowest BCUT2D eigenvalue weighted by molar-refractivity contribution is 0.0517. The number of hydrogen-bond donors (Lipinski definition) is 1. The molecule has 0 bridgehead atoms. The van der Waals surface area contributed by atoms with Crippen LogP contribution in [0.15, 0.2) is 23.1 Å². The highest BCUT2D eigenvalue weighted by Gasteiger charge is 2.33. The number of aryl methyl sites for hydroxylation is 2. The Labute approximate surface area is 147 Å². The Morgan fingerprint density at radius 2 is 2.12 bits per heavy atom. The molecule has 0 radical (unpaired) electrons. The van der Waals surface area contributed by atoms with Crippen LogP contribution in [-0.2, 0) is 27.7 Å². The number of H-pyrrole nitrogens is 1. The minimum atomic E-state index is -3.65. The second-order valence-electron chi connectivity index (χ2n) is 6.11. The summed E-state index contributed by atoms with van der Waals surface area (Å²) in [7, 11) is -3.65. The minimum Gasteiger partial charge on any atom is -0.461 e. The molecule has 0 atom stereocenters. The molecule has 2 aromatic rings. The van der Waals surface area contributed by atoms with Gasteiger partial charge in [0, 0.05) is 30.8 Å². The van der Waals surface area contributed by atoms with E-state index in [0.717, 1.165) is 11.3 Å². The van der Waals surface area contributed by atoms with E-state index >= 15 is 0 Å². The Balaban J connectivity index is 1.94. The Morgan fingerprint density at radius 3 is 2.80 bits per heavy atom. The molecular formula is C17H21N3O4S. The zero-order valence-corrected chi connectivity index (χ0v) is 15.3. The van der Waals surface area contributed by atoms with E-state index in [9.17, 15) is 13.2 Å². The van der Waals surface area contributed by atoms with Crippen LogP contribution in [0, 0.1) is 13.8 Å². The summed E-state index contributed by atoms with van der Waals surface area (Å²) < 4.78 is 32.5. The van der Waals surface area contributed by atoms with Crippen LogP contribution in [0.3, 0.4) is 0 Å². The average Bonchev–Trinajstić information content (AvgIpc) is 2.97. The van der Waals surface area contributed by atoms with Gasteiger partial charge in [0.05, 0.1) is 11.5 Å². The third kappa shape index (κ3) is 3.19. The Kier molecular flexibility index (Phi) is 4.66. The molecule has 8 heteroatoms. The van der Waals surface area contributed by atoms with Crippen LogP contribution in [0.5, 0.6) is 0 Å². The lowest BCUT2D eigenvalue weighted by Crippen LogP contribution is -2.36. The number of esters is 1. The second kappa shape index (κ2) is 6.61. The molecule has 1 aliphatic rings. The number of aromatic amines is 1. The maximum Gasteiger partial charge on any atom is 0.359 e. The van der Waals surface area contributed by atoms with Crippen LogP contribution in [0.2, 0.25) is 0 Å². The van der Waals surface area contributed by atoms with Gasteiger partial charge in [-0.25, -0.2) is 13.2 Å². The van der Waals surface area contributed by atoms with E-state index in [1.165, 1.54) is 4.31 Å². The van der Waals surface area contributed by atoms with E-state index in [1.54, 1.807) is 26.0 Å². The van der Waals surface area contributed by atoms with E-state index in [4.69, 9.17) is 4.74 Å². The number of benzene rings is 1. The molecule has 1 aliphatic heterocycles. The fraction of sp³-hybridized carbons (Fsp3) is 0.412. The van der Waals surface area contributed by atoms with Gasteiger partial charge in [-0.15, -0.1) is 0 Å². The number of fused-ring (bicyclic) bond motifs is 1. The zero-order chi connectivity index (χ0) is 18.2. The van der Waals surface area contributed by atoms with E-state index in [1.807, 2.05) is 13.0 Å². The van der Waals surface area contributed by atoms with Gasteiger partial charge in [-0.3, -0.25) is 5.10 Å². The summed E-state index contributed by atoms with van der Waals surface area (Å²) in [6.07, 6.45) is 0.478. The first-order valence-electron chi connectivity index (χ1n) is 8.15. The molecule has 0 spiro atoms. The molecule has 0 amide bonds. The predicted molar refractivity (Wildman–Crippen MR) is 91.8 cm³/mol. The molecule has 0 unspecified atom stereocenters. The molecule has 0 fully saturated rings. The molecule has 1 N–H and O–H groups in total. The van der Waals surface area contributed by atoms with Crippen molar-refractivity contribution in [2.45, 2.75) is 38.6 Å². The summed E-state index contributed by atoms with van der Waals surface area (Å²) in [6, 6.07) is 5.28. The molecule has 134 valence electrons. The van der Waals surface area contributed by atoms with Crippen LogP contribution in [0.4, 0.5) is 0 Å². The van der Waals surface area contributed by atoms with E-state index in [0.29, 0.717) is 29.0 Å². The van der Waals surface area contributed by atoms with Crippen LogP contribution in [0.25, 0.3) is 0 Å². The van der Waals surface area contributed by atoms with Crippen molar-refractivity contribution in [3.63, 3.8) is 0 Å². The van der Waals surface area contributed by atoms with E-state index < -0.39 is 16.0 Å². The SMILES string of the molecule is CCOC(=O)c1n[nH]c2c1CN(S(=O)(=O)c1ccc(C)cc1C)CC2. The summed E-state index contributed by atoms with van der Waals surface area (Å²) in [6.45, 7) is 6.12. The predicted octanol–water partition coefficient (Wildman–Crippen LogP) is 1.95. The first-order valence-corrected chi connectivity index (χ1v) is 9.59. The Morgan fingerprint density at radius 1 is 1.36 bits per heavy atom. The average molecular weight is 363 g/mol. The number of nitrogens with one attached hydrogen (secondary N) is 1. The molecular weight excluding hydrogens is 342 g/mol. The number of aromatic nitrogens is 2. The molecule has 1 aromatic heterocycles. The largest absolute Gasteiger partial charge is 0.461 e. The van der Waals surface area contributed by atoms with Gasteiger partial charge in [-0.05, 0) is 32.4 Å². The number of hydrogen-bond acceptors (Lipinski definition) is 5. The smallest absolute Gasteiger partial charge is 0.359 e. The minimum absolute atomic E-state index is 0.107. The Hall–Kier alpha value is -2.19. The van der Waals surface area contributed by atoms with Gasteiger partial charge >= 0.3 is 5.97 Å². The zero-order valence-electron chi connectivity index (χ0n) is 14.5. The summed E-state index contributed by atoms with van der Waals surface area (Å²) in [5, 5.41) is 6.84. The topological polar surface area (TPSA) is 92.4 Å². The van der Waals surface area contributed by atoms with Gasteiger partial charge in [0.2, 0.25) is 10.0 Å². The van der Waals surface area contributed by atoms with Crippen LogP contribution in [0.1, 0.15) is 39.8 Å². The van der Waals surface area contributed by atoms with Gasteiger partial charge in [0.15, 0.2) is 5.69 Å². The third-order valence-corrected chi connectivity index (χ3v) is 6.32. The lowest BCUT2D eigenvalue weighted by atomic mass is 10.1. The molecule has 25 heavy (non-hydrogen) atoms. The second-order valence-corrected chi connectivity index (χ2v) is 8.01. The normalized spacial score (nSPS) is 15.0. The molecule has 0 saturated heterocycles. The highest BCUT2D eigenvalue weighted by molar-refractivity contribution is 7.89. The first-order chi connectivity index (χ1) is 11.8. The molecule has 2 heterocycles. The van der Waals surface area contributed by atoms with Crippen LogP contribution < -0.4 is 0 Å². The number of carbonyl (C=O) groups excluding carboxylic acids is 1. The molecule has 0 aliphatic carbocycles. The van der Waals surface area contributed by atoms with Crippen molar-refractivity contribution in [2.24, 2.45) is 0 Å². The van der Waals surface area contributed by atoms with Crippen molar-refractivity contribution < 1.29 is 17.9 Å². The van der Waals surface area contributed by atoms with Gasteiger partial charge < -0.3 is 4.74 Å². The quantitative estimate of drug-likeness (QED) is 0.838. The summed E-state index contributed by atoms with van der Waals surface area (Å²) in [4.78, 5) is 12.3. The van der Waals surface area contributed by atoms with Crippen molar-refractivity contribution in [1.82, 2.24) is 14.5 Å². The van der Waals surface area contributed by atoms with Crippen molar-refractivity contribution in [3.05, 3.63) is 46.3 Å². The Bertz CT molecular complexity index is 918. The van der Waals surface area contributed by atoms with Gasteiger partial charge in [0.25, 0.3) is 0 Å². The molecule has 7 nitrogen and oxygen atoms in total. The third-order valence-electron chi connectivity index (χ3n) is 4.32. The number of rotatable bonds is 4. The summed E-state index contributed by atoms with van der Waals surface area (Å²) in [5.41, 5.74) is 3.27. The van der Waals surface area contributed by atoms with Crippen LogP contribution >= 0.6 is 0 Å². The monoisotopic (exact) mass is 363 g/mol. The fourth-order valence-electron chi connectivity index (χ4n) is 3.07. The first kappa shape index (κ1) is 17.6. The van der Waals surface area contributed by atoms with Gasteiger partial charge in [-0.1, -0.05) is 17.7 Å². The van der Waals surface area contributed by atoms with Crippen LogP contribution in [-0.4, -0.2) is 42.0 Å². The van der Waals surface area contributed by atoms with Crippen molar-refractivity contribution >= 4 is 16.0 Å². The number of nitrogens with zero attached hydrogens (tertiary/aromatic N) is 2. The maximum absolute atomic E-state index is 13.0. The van der Waals surface area contributed by atoms with Crippen molar-refractivity contribution in [2.75, 3.05) is 13.2 Å². The van der Waals surface area contributed by atoms with Gasteiger partial charge in [0.1, 0.15) is 0 Å². The summed E-state index contributed by atoms with van der Waals surface area (Å²) in [5.74, 6) is -0.536. The van der Waals surface area contributed by atoms with E-state index in [2.05, 4.69) is 10.2 Å². The highest BCUT2D eigenvalue weighted by Crippen LogP contribution is 2.28. The summed E-state index contributed by atoms with van der Waals surface area (Å²) >= 11 is 0. The number of ether oxygens (including phenoxy) is 1.